The van der Waals surface area contributed by atoms with E-state index in [1.165, 1.54) is 6.42 Å². The lowest BCUT2D eigenvalue weighted by atomic mass is 9.81. The summed E-state index contributed by atoms with van der Waals surface area (Å²) in [6, 6.07) is 0. The highest BCUT2D eigenvalue weighted by Crippen LogP contribution is 2.38. The summed E-state index contributed by atoms with van der Waals surface area (Å²) >= 11 is 0. The van der Waals surface area contributed by atoms with Crippen LogP contribution in [0.25, 0.3) is 0 Å². The second-order valence-corrected chi connectivity index (χ2v) is 3.83. The topological polar surface area (TPSA) is 65.0 Å². The molecule has 0 radical (unpaired) electrons. The van der Waals surface area contributed by atoms with Crippen LogP contribution in [0.5, 0.6) is 0 Å². The molecule has 1 saturated carbocycles. The van der Waals surface area contributed by atoms with Gasteiger partial charge >= 0.3 is 0 Å². The lowest BCUT2D eigenvalue weighted by molar-refractivity contribution is -0.123. The molecule has 1 aliphatic carbocycles. The first-order valence-electron chi connectivity index (χ1n) is 4.26. The number of rotatable bonds is 1. The molecule has 3 nitrogen and oxygen atoms in total. The standard InChI is InChI=1S/C8H14N2O/c9-7(11)6-2-1-3-8(4-6)5-10-8/h6,10H,1-5H2,(H2,9,11). The van der Waals surface area contributed by atoms with Crippen molar-refractivity contribution in [1.29, 1.82) is 0 Å². The molecular formula is C8H14N2O. The molecule has 0 aromatic carbocycles. The van der Waals surface area contributed by atoms with Crippen LogP contribution in [-0.2, 0) is 4.79 Å². The second kappa shape index (κ2) is 2.21. The molecule has 1 spiro atoms. The van der Waals surface area contributed by atoms with Gasteiger partial charge in [0, 0.05) is 18.0 Å². The first-order valence-corrected chi connectivity index (χ1v) is 4.26. The van der Waals surface area contributed by atoms with Gasteiger partial charge in [0.25, 0.3) is 0 Å². The van der Waals surface area contributed by atoms with E-state index in [9.17, 15) is 4.79 Å². The summed E-state index contributed by atoms with van der Waals surface area (Å²) in [5.41, 5.74) is 5.58. The Bertz CT molecular complexity index is 187. The van der Waals surface area contributed by atoms with Crippen LogP contribution in [-0.4, -0.2) is 18.0 Å². The van der Waals surface area contributed by atoms with E-state index in [2.05, 4.69) is 5.32 Å². The van der Waals surface area contributed by atoms with E-state index in [4.69, 9.17) is 5.73 Å². The quantitative estimate of drug-likeness (QED) is 0.522. The van der Waals surface area contributed by atoms with Crippen LogP contribution in [0.15, 0.2) is 0 Å². The summed E-state index contributed by atoms with van der Waals surface area (Å²) in [6.07, 6.45) is 4.36. The van der Waals surface area contributed by atoms with Crippen LogP contribution in [0.4, 0.5) is 0 Å². The van der Waals surface area contributed by atoms with Gasteiger partial charge in [-0.2, -0.15) is 0 Å². The van der Waals surface area contributed by atoms with Crippen LogP contribution >= 0.6 is 0 Å². The fourth-order valence-corrected chi connectivity index (χ4v) is 2.05. The number of nitrogens with one attached hydrogen (secondary N) is 1. The smallest absolute Gasteiger partial charge is 0.220 e. The summed E-state index contributed by atoms with van der Waals surface area (Å²) in [5, 5.41) is 3.33. The third kappa shape index (κ3) is 1.25. The average Bonchev–Trinajstić information content (AvgIpc) is 2.69. The Morgan fingerprint density at radius 1 is 1.64 bits per heavy atom. The predicted molar refractivity (Wildman–Crippen MR) is 41.9 cm³/mol. The van der Waals surface area contributed by atoms with Crippen LogP contribution in [0.1, 0.15) is 25.7 Å². The maximum absolute atomic E-state index is 10.9. The summed E-state index contributed by atoms with van der Waals surface area (Å²) in [6.45, 7) is 1.09. The molecule has 0 aromatic heterocycles. The van der Waals surface area contributed by atoms with E-state index in [1.807, 2.05) is 0 Å². The minimum absolute atomic E-state index is 0.113. The summed E-state index contributed by atoms with van der Waals surface area (Å²) in [5.74, 6) is 0.0246. The Balaban J connectivity index is 1.98. The highest BCUT2D eigenvalue weighted by Gasteiger charge is 2.46. The number of hydrogen-bond donors (Lipinski definition) is 2. The Kier molecular flexibility index (Phi) is 1.42. The molecule has 1 amide bonds. The fraction of sp³-hybridized carbons (Fsp3) is 0.875. The largest absolute Gasteiger partial charge is 0.369 e. The van der Waals surface area contributed by atoms with Gasteiger partial charge < -0.3 is 11.1 Å². The van der Waals surface area contributed by atoms with E-state index in [1.54, 1.807) is 0 Å². The molecule has 1 saturated heterocycles. The highest BCUT2D eigenvalue weighted by molar-refractivity contribution is 5.77. The van der Waals surface area contributed by atoms with Gasteiger partial charge in [-0.1, -0.05) is 6.42 Å². The normalized spacial score (nSPS) is 42.4. The zero-order valence-electron chi connectivity index (χ0n) is 6.60. The number of nitrogens with two attached hydrogens (primary N) is 1. The zero-order chi connectivity index (χ0) is 7.90. The van der Waals surface area contributed by atoms with E-state index in [0.29, 0.717) is 5.54 Å². The van der Waals surface area contributed by atoms with Gasteiger partial charge in [-0.3, -0.25) is 4.79 Å². The van der Waals surface area contributed by atoms with Crippen molar-refractivity contribution in [3.8, 4) is 0 Å². The highest BCUT2D eigenvalue weighted by atomic mass is 16.1. The Morgan fingerprint density at radius 3 is 2.91 bits per heavy atom. The molecule has 2 atom stereocenters. The SMILES string of the molecule is NC(=O)C1CCCC2(CN2)C1. The molecule has 11 heavy (non-hydrogen) atoms. The first kappa shape index (κ1) is 7.10. The van der Waals surface area contributed by atoms with Crippen molar-refractivity contribution < 1.29 is 4.79 Å². The Morgan fingerprint density at radius 2 is 2.36 bits per heavy atom. The molecule has 2 unspecified atom stereocenters. The van der Waals surface area contributed by atoms with Crippen LogP contribution in [0.3, 0.4) is 0 Å². The van der Waals surface area contributed by atoms with E-state index < -0.39 is 0 Å². The lowest BCUT2D eigenvalue weighted by Crippen LogP contribution is -2.33. The molecule has 62 valence electrons. The minimum atomic E-state index is -0.113. The Hall–Kier alpha value is -0.570. The molecule has 1 aliphatic heterocycles. The molecule has 2 rings (SSSR count). The van der Waals surface area contributed by atoms with Crippen molar-refractivity contribution in [2.75, 3.05) is 6.54 Å². The molecule has 2 fully saturated rings. The van der Waals surface area contributed by atoms with Crippen molar-refractivity contribution in [3.63, 3.8) is 0 Å². The maximum atomic E-state index is 10.9. The number of carbonyl (C=O) groups excluding carboxylic acids is 1. The van der Waals surface area contributed by atoms with E-state index in [0.717, 1.165) is 25.8 Å². The molecule has 1 heterocycles. The lowest BCUT2D eigenvalue weighted by Gasteiger charge is -2.25. The van der Waals surface area contributed by atoms with Gasteiger partial charge in [-0.25, -0.2) is 0 Å². The van der Waals surface area contributed by atoms with Gasteiger partial charge in [0.05, 0.1) is 0 Å². The minimum Gasteiger partial charge on any atom is -0.369 e. The number of hydrogen-bond acceptors (Lipinski definition) is 2. The van der Waals surface area contributed by atoms with Gasteiger partial charge in [-0.05, 0) is 19.3 Å². The van der Waals surface area contributed by atoms with Gasteiger partial charge in [-0.15, -0.1) is 0 Å². The second-order valence-electron chi connectivity index (χ2n) is 3.83. The monoisotopic (exact) mass is 154 g/mol. The molecule has 2 aliphatic rings. The average molecular weight is 154 g/mol. The maximum Gasteiger partial charge on any atom is 0.220 e. The third-order valence-corrected chi connectivity index (χ3v) is 2.92. The predicted octanol–water partition coefficient (Wildman–Crippen LogP) is 0.00390. The summed E-state index contributed by atoms with van der Waals surface area (Å²) in [7, 11) is 0. The zero-order valence-corrected chi connectivity index (χ0v) is 6.60. The molecule has 0 bridgehead atoms. The van der Waals surface area contributed by atoms with Gasteiger partial charge in [0.1, 0.15) is 0 Å². The van der Waals surface area contributed by atoms with Crippen molar-refractivity contribution in [2.24, 2.45) is 11.7 Å². The number of amides is 1. The molecule has 0 aromatic rings. The molecule has 3 heteroatoms. The first-order chi connectivity index (χ1) is 5.22. The fourth-order valence-electron chi connectivity index (χ4n) is 2.05. The Labute approximate surface area is 66.3 Å². The van der Waals surface area contributed by atoms with Gasteiger partial charge in [0.2, 0.25) is 5.91 Å². The van der Waals surface area contributed by atoms with Crippen molar-refractivity contribution in [3.05, 3.63) is 0 Å². The van der Waals surface area contributed by atoms with Crippen LogP contribution < -0.4 is 11.1 Å². The molecule has 3 N–H and O–H groups in total. The third-order valence-electron chi connectivity index (χ3n) is 2.92. The van der Waals surface area contributed by atoms with E-state index >= 15 is 0 Å². The summed E-state index contributed by atoms with van der Waals surface area (Å²) < 4.78 is 0. The van der Waals surface area contributed by atoms with Gasteiger partial charge in [0.15, 0.2) is 0 Å². The summed E-state index contributed by atoms with van der Waals surface area (Å²) in [4.78, 5) is 10.9. The number of primary amides is 1. The van der Waals surface area contributed by atoms with Crippen molar-refractivity contribution in [2.45, 2.75) is 31.2 Å². The van der Waals surface area contributed by atoms with Crippen LogP contribution in [0, 0.1) is 5.92 Å². The van der Waals surface area contributed by atoms with Crippen molar-refractivity contribution >= 4 is 5.91 Å². The number of carbonyl (C=O) groups is 1. The van der Waals surface area contributed by atoms with Crippen molar-refractivity contribution in [1.82, 2.24) is 5.32 Å². The van der Waals surface area contributed by atoms with Crippen LogP contribution in [0.2, 0.25) is 0 Å². The molecular weight excluding hydrogens is 140 g/mol. The van der Waals surface area contributed by atoms with E-state index in [-0.39, 0.29) is 11.8 Å².